The highest BCUT2D eigenvalue weighted by atomic mass is 79.9. The van der Waals surface area contributed by atoms with Crippen LogP contribution in [0.1, 0.15) is 66.9 Å². The predicted molar refractivity (Wildman–Crippen MR) is 99.4 cm³/mol. The molecule has 0 spiro atoms. The van der Waals surface area contributed by atoms with Crippen LogP contribution in [0.5, 0.6) is 0 Å². The largest absolute Gasteiger partial charge is 0.349 e. The van der Waals surface area contributed by atoms with E-state index in [1.807, 2.05) is 0 Å². The van der Waals surface area contributed by atoms with Gasteiger partial charge >= 0.3 is 0 Å². The molecule has 1 aromatic rings. The molecule has 1 saturated heterocycles. The molecule has 1 atom stereocenters. The van der Waals surface area contributed by atoms with Crippen LogP contribution in [-0.2, 0) is 15.1 Å². The van der Waals surface area contributed by atoms with Crippen LogP contribution in [0.15, 0.2) is 28.7 Å². The Hall–Kier alpha value is -0.380. The highest BCUT2D eigenvalue weighted by Gasteiger charge is 2.53. The Kier molecular flexibility index (Phi) is 5.08. The van der Waals surface area contributed by atoms with Gasteiger partial charge in [-0.15, -0.1) is 0 Å². The van der Waals surface area contributed by atoms with Gasteiger partial charge in [-0.1, -0.05) is 62.7 Å². The lowest BCUT2D eigenvalue weighted by Crippen LogP contribution is -2.56. The van der Waals surface area contributed by atoms with Crippen molar-refractivity contribution < 1.29 is 9.47 Å². The molecular formula is C20H31BrO2. The molecule has 0 aromatic heterocycles. The number of ether oxygens (including phenoxy) is 2. The second kappa shape index (κ2) is 6.16. The molecule has 23 heavy (non-hydrogen) atoms. The van der Waals surface area contributed by atoms with Crippen molar-refractivity contribution in [2.24, 2.45) is 10.8 Å². The number of rotatable bonds is 3. The zero-order valence-corrected chi connectivity index (χ0v) is 17.2. The van der Waals surface area contributed by atoms with E-state index in [4.69, 9.17) is 9.47 Å². The Bertz CT molecular complexity index is 540. The van der Waals surface area contributed by atoms with Gasteiger partial charge in [-0.25, -0.2) is 0 Å². The van der Waals surface area contributed by atoms with Crippen molar-refractivity contribution in [3.05, 3.63) is 34.3 Å². The summed E-state index contributed by atoms with van der Waals surface area (Å²) in [6, 6.07) is 8.37. The third kappa shape index (κ3) is 4.18. The second-order valence-corrected chi connectivity index (χ2v) is 9.98. The standard InChI is InChI=1S/C20H31BrO2/c1-17(2,3)20(14-18(4,5)12-13-22-20)23-19(6,7)15-8-10-16(21)11-9-15/h8-11H,12-14H2,1-7H3. The van der Waals surface area contributed by atoms with E-state index in [0.717, 1.165) is 29.5 Å². The molecular weight excluding hydrogens is 352 g/mol. The first-order chi connectivity index (χ1) is 10.4. The maximum atomic E-state index is 6.75. The molecule has 0 bridgehead atoms. The molecule has 0 saturated carbocycles. The predicted octanol–water partition coefficient (Wildman–Crippen LogP) is 6.28. The van der Waals surface area contributed by atoms with Crippen molar-refractivity contribution in [3.8, 4) is 0 Å². The van der Waals surface area contributed by atoms with Crippen molar-refractivity contribution in [1.82, 2.24) is 0 Å². The first-order valence-electron chi connectivity index (χ1n) is 8.47. The van der Waals surface area contributed by atoms with E-state index in [9.17, 15) is 0 Å². The van der Waals surface area contributed by atoms with Crippen molar-refractivity contribution in [3.63, 3.8) is 0 Å². The second-order valence-electron chi connectivity index (χ2n) is 9.06. The first kappa shape index (κ1) is 19.0. The summed E-state index contributed by atoms with van der Waals surface area (Å²) in [6.45, 7) is 16.3. The minimum Gasteiger partial charge on any atom is -0.349 e. The quantitative estimate of drug-likeness (QED) is 0.612. The third-order valence-electron chi connectivity index (χ3n) is 4.93. The van der Waals surface area contributed by atoms with Gasteiger partial charge in [0.25, 0.3) is 0 Å². The lowest BCUT2D eigenvalue weighted by Gasteiger charge is -2.54. The molecule has 0 aliphatic carbocycles. The molecule has 1 aromatic carbocycles. The van der Waals surface area contributed by atoms with E-state index in [1.165, 1.54) is 0 Å². The van der Waals surface area contributed by atoms with Gasteiger partial charge in [-0.3, -0.25) is 0 Å². The van der Waals surface area contributed by atoms with Crippen LogP contribution >= 0.6 is 15.9 Å². The van der Waals surface area contributed by atoms with Crippen LogP contribution in [0.2, 0.25) is 0 Å². The molecule has 1 aliphatic rings. The third-order valence-corrected chi connectivity index (χ3v) is 5.46. The molecule has 2 rings (SSSR count). The minimum absolute atomic E-state index is 0.0999. The summed E-state index contributed by atoms with van der Waals surface area (Å²) in [5.41, 5.74) is 0.872. The molecule has 1 unspecified atom stereocenters. The summed E-state index contributed by atoms with van der Waals surface area (Å²) >= 11 is 3.50. The highest BCUT2D eigenvalue weighted by Crippen LogP contribution is 2.51. The van der Waals surface area contributed by atoms with Gasteiger partial charge in [0.2, 0.25) is 0 Å². The molecule has 0 radical (unpaired) electrons. The van der Waals surface area contributed by atoms with E-state index in [0.29, 0.717) is 0 Å². The van der Waals surface area contributed by atoms with E-state index < -0.39 is 11.4 Å². The zero-order valence-electron chi connectivity index (χ0n) is 15.6. The number of hydrogen-bond donors (Lipinski definition) is 0. The fourth-order valence-electron chi connectivity index (χ4n) is 3.28. The van der Waals surface area contributed by atoms with E-state index in [1.54, 1.807) is 0 Å². The zero-order chi connectivity index (χ0) is 17.5. The lowest BCUT2D eigenvalue weighted by atomic mass is 9.71. The van der Waals surface area contributed by atoms with Crippen molar-refractivity contribution in [2.75, 3.05) is 6.61 Å². The summed E-state index contributed by atoms with van der Waals surface area (Å²) in [5.74, 6) is -0.578. The average Bonchev–Trinajstić information content (AvgIpc) is 2.36. The van der Waals surface area contributed by atoms with Crippen molar-refractivity contribution >= 4 is 15.9 Å². The molecule has 1 heterocycles. The first-order valence-corrected chi connectivity index (χ1v) is 9.27. The SMILES string of the molecule is CC1(C)CCOC(OC(C)(C)c2ccc(Br)cc2)(C(C)(C)C)C1. The Morgan fingerprint density at radius 3 is 2.09 bits per heavy atom. The summed E-state index contributed by atoms with van der Waals surface area (Å²) in [5, 5.41) is 0. The fourth-order valence-corrected chi connectivity index (χ4v) is 3.55. The van der Waals surface area contributed by atoms with Crippen LogP contribution in [0.4, 0.5) is 0 Å². The maximum absolute atomic E-state index is 6.75. The molecule has 1 aliphatic heterocycles. The van der Waals surface area contributed by atoms with Gasteiger partial charge in [-0.05, 0) is 43.4 Å². The summed E-state index contributed by atoms with van der Waals surface area (Å²) in [7, 11) is 0. The van der Waals surface area contributed by atoms with Gasteiger partial charge in [0.1, 0.15) is 0 Å². The lowest BCUT2D eigenvalue weighted by molar-refractivity contribution is -0.356. The van der Waals surface area contributed by atoms with E-state index in [2.05, 4.69) is 88.7 Å². The monoisotopic (exact) mass is 382 g/mol. The Balaban J connectivity index is 2.36. The van der Waals surface area contributed by atoms with Gasteiger partial charge in [0.05, 0.1) is 12.2 Å². The molecule has 2 nitrogen and oxygen atoms in total. The normalized spacial score (nSPS) is 25.4. The Labute approximate surface area is 150 Å². The average molecular weight is 383 g/mol. The summed E-state index contributed by atoms with van der Waals surface area (Å²) in [4.78, 5) is 0. The van der Waals surface area contributed by atoms with Gasteiger partial charge in [-0.2, -0.15) is 0 Å². The van der Waals surface area contributed by atoms with Crippen LogP contribution < -0.4 is 0 Å². The summed E-state index contributed by atoms with van der Waals surface area (Å²) < 4.78 is 14.2. The maximum Gasteiger partial charge on any atom is 0.174 e. The van der Waals surface area contributed by atoms with Crippen LogP contribution in [-0.4, -0.2) is 12.4 Å². The molecule has 1 fully saturated rings. The summed E-state index contributed by atoms with van der Waals surface area (Å²) in [6.07, 6.45) is 1.98. The molecule has 0 amide bonds. The van der Waals surface area contributed by atoms with Crippen LogP contribution in [0.25, 0.3) is 0 Å². The van der Waals surface area contributed by atoms with Gasteiger partial charge in [0, 0.05) is 16.3 Å². The topological polar surface area (TPSA) is 18.5 Å². The van der Waals surface area contributed by atoms with Crippen molar-refractivity contribution in [2.45, 2.75) is 72.7 Å². The highest BCUT2D eigenvalue weighted by molar-refractivity contribution is 9.10. The number of hydrogen-bond acceptors (Lipinski definition) is 2. The van der Waals surface area contributed by atoms with Crippen LogP contribution in [0.3, 0.4) is 0 Å². The smallest absolute Gasteiger partial charge is 0.174 e. The number of benzene rings is 1. The Morgan fingerprint density at radius 2 is 1.61 bits per heavy atom. The molecule has 3 heteroatoms. The minimum atomic E-state index is -0.578. The Morgan fingerprint density at radius 1 is 1.04 bits per heavy atom. The van der Waals surface area contributed by atoms with Crippen molar-refractivity contribution in [1.29, 1.82) is 0 Å². The van der Waals surface area contributed by atoms with E-state index in [-0.39, 0.29) is 10.8 Å². The number of halogens is 1. The van der Waals surface area contributed by atoms with E-state index >= 15 is 0 Å². The van der Waals surface area contributed by atoms with Gasteiger partial charge in [0.15, 0.2) is 5.79 Å². The molecule has 130 valence electrons. The fraction of sp³-hybridized carbons (Fsp3) is 0.700. The molecule has 0 N–H and O–H groups in total. The van der Waals surface area contributed by atoms with Crippen LogP contribution in [0, 0.1) is 10.8 Å². The van der Waals surface area contributed by atoms with Gasteiger partial charge < -0.3 is 9.47 Å².